The van der Waals surface area contributed by atoms with Gasteiger partial charge in [0.05, 0.1) is 30.4 Å². The molecule has 2 heterocycles. The Morgan fingerprint density at radius 2 is 2.00 bits per heavy atom. The highest BCUT2D eigenvalue weighted by Crippen LogP contribution is 2.47. The molecule has 1 saturated carbocycles. The van der Waals surface area contributed by atoms with Gasteiger partial charge in [-0.15, -0.1) is 0 Å². The van der Waals surface area contributed by atoms with Crippen LogP contribution in [0.1, 0.15) is 12.0 Å². The van der Waals surface area contributed by atoms with Gasteiger partial charge in [-0.2, -0.15) is 10.5 Å². The van der Waals surface area contributed by atoms with Crippen molar-refractivity contribution >= 4 is 11.6 Å². The van der Waals surface area contributed by atoms with E-state index in [1.54, 1.807) is 6.07 Å². The molecule has 0 radical (unpaired) electrons. The normalized spacial score (nSPS) is 31.3. The number of fused-ring (bicyclic) bond motifs is 1. The number of benzene rings is 1. The lowest BCUT2D eigenvalue weighted by molar-refractivity contribution is -0.130. The molecule has 0 aromatic heterocycles. The Morgan fingerprint density at radius 1 is 1.26 bits per heavy atom. The third-order valence-corrected chi connectivity index (χ3v) is 5.83. The number of anilines is 1. The number of alkyl halides is 1. The summed E-state index contributed by atoms with van der Waals surface area (Å²) in [7, 11) is 0. The van der Waals surface area contributed by atoms with Crippen LogP contribution in [-0.4, -0.2) is 55.2 Å². The van der Waals surface area contributed by atoms with Crippen molar-refractivity contribution in [3.63, 3.8) is 0 Å². The van der Waals surface area contributed by atoms with Gasteiger partial charge in [0.25, 0.3) is 0 Å². The van der Waals surface area contributed by atoms with Gasteiger partial charge in [0.2, 0.25) is 5.91 Å². The van der Waals surface area contributed by atoms with E-state index in [0.717, 1.165) is 0 Å². The fourth-order valence-corrected chi connectivity index (χ4v) is 4.43. The zero-order valence-electron chi connectivity index (χ0n) is 14.6. The Morgan fingerprint density at radius 3 is 2.67 bits per heavy atom. The maximum atomic E-state index is 14.1. The van der Waals surface area contributed by atoms with Crippen molar-refractivity contribution in [1.82, 2.24) is 10.2 Å². The average molecular weight is 371 g/mol. The highest BCUT2D eigenvalue weighted by atomic mass is 19.1. The number of nitriles is 2. The zero-order valence-corrected chi connectivity index (χ0v) is 14.6. The van der Waals surface area contributed by atoms with Crippen LogP contribution in [-0.2, 0) is 4.79 Å². The monoisotopic (exact) mass is 371 g/mol. The minimum absolute atomic E-state index is 0.0196. The standard InChI is InChI=1S/C19H19F2N5O/c20-12-4-13(6-23)26(8-12)17(27)7-24-18-14-9-25(10-15(14)18)19-11(5-22)2-1-3-16(19)21/h1-3,12-15,18,24H,4,7-10H2/t12-,13-,14?,15?,18?/m0/s1. The molecule has 4 atom stereocenters. The zero-order chi connectivity index (χ0) is 19.1. The maximum absolute atomic E-state index is 14.1. The molecule has 0 bridgehead atoms. The molecule has 2 saturated heterocycles. The third kappa shape index (κ3) is 3.11. The quantitative estimate of drug-likeness (QED) is 0.860. The van der Waals surface area contributed by atoms with Crippen LogP contribution >= 0.6 is 0 Å². The van der Waals surface area contributed by atoms with Crippen LogP contribution in [0.25, 0.3) is 0 Å². The predicted molar refractivity (Wildman–Crippen MR) is 92.7 cm³/mol. The number of hydrogen-bond donors (Lipinski definition) is 1. The van der Waals surface area contributed by atoms with E-state index in [2.05, 4.69) is 5.32 Å². The fraction of sp³-hybridized carbons (Fsp3) is 0.526. The summed E-state index contributed by atoms with van der Waals surface area (Å²) < 4.78 is 27.6. The van der Waals surface area contributed by atoms with Gasteiger partial charge in [-0.1, -0.05) is 6.07 Å². The number of carbonyl (C=O) groups excluding carboxylic acids is 1. The Kier molecular flexibility index (Phi) is 4.45. The van der Waals surface area contributed by atoms with E-state index in [0.29, 0.717) is 36.2 Å². The Hall–Kier alpha value is -2.71. The summed E-state index contributed by atoms with van der Waals surface area (Å²) >= 11 is 0. The molecule has 27 heavy (non-hydrogen) atoms. The molecule has 2 unspecified atom stereocenters. The minimum atomic E-state index is -1.14. The van der Waals surface area contributed by atoms with Crippen molar-refractivity contribution < 1.29 is 13.6 Å². The lowest BCUT2D eigenvalue weighted by Gasteiger charge is -2.24. The maximum Gasteiger partial charge on any atom is 0.237 e. The number of nitrogens with one attached hydrogen (secondary N) is 1. The number of rotatable bonds is 4. The lowest BCUT2D eigenvalue weighted by atomic mass is 10.1. The van der Waals surface area contributed by atoms with E-state index in [1.165, 1.54) is 17.0 Å². The van der Waals surface area contributed by atoms with Gasteiger partial charge in [-0.05, 0) is 24.0 Å². The second kappa shape index (κ2) is 6.79. The van der Waals surface area contributed by atoms with Gasteiger partial charge in [0, 0.05) is 25.6 Å². The molecule has 6 nitrogen and oxygen atoms in total. The van der Waals surface area contributed by atoms with E-state index in [9.17, 15) is 18.8 Å². The molecule has 1 aliphatic carbocycles. The summed E-state index contributed by atoms with van der Waals surface area (Å²) in [5.74, 6) is -0.0665. The summed E-state index contributed by atoms with van der Waals surface area (Å²) in [6, 6.07) is 7.97. The van der Waals surface area contributed by atoms with Crippen molar-refractivity contribution in [2.75, 3.05) is 31.1 Å². The smallest absolute Gasteiger partial charge is 0.237 e. The number of hydrogen-bond acceptors (Lipinski definition) is 5. The first-order valence-electron chi connectivity index (χ1n) is 9.03. The number of halogens is 2. The summed E-state index contributed by atoms with van der Waals surface area (Å²) in [6.07, 6.45) is -1.06. The molecular weight excluding hydrogens is 352 g/mol. The molecule has 0 spiro atoms. The van der Waals surface area contributed by atoms with Crippen molar-refractivity contribution in [3.05, 3.63) is 29.6 Å². The highest BCUT2D eigenvalue weighted by Gasteiger charge is 2.56. The van der Waals surface area contributed by atoms with Crippen LogP contribution in [0.2, 0.25) is 0 Å². The second-order valence-electron chi connectivity index (χ2n) is 7.41. The molecule has 2 aliphatic heterocycles. The number of para-hydroxylation sites is 1. The molecule has 1 N–H and O–H groups in total. The highest BCUT2D eigenvalue weighted by molar-refractivity contribution is 5.79. The van der Waals surface area contributed by atoms with Crippen LogP contribution in [0.15, 0.2) is 18.2 Å². The van der Waals surface area contributed by atoms with E-state index in [-0.39, 0.29) is 31.5 Å². The number of amides is 1. The Bertz CT molecular complexity index is 835. The molecule has 3 fully saturated rings. The number of carbonyl (C=O) groups is 1. The third-order valence-electron chi connectivity index (χ3n) is 5.83. The average Bonchev–Trinajstić information content (AvgIpc) is 2.99. The predicted octanol–water partition coefficient (Wildman–Crippen LogP) is 1.18. The van der Waals surface area contributed by atoms with Crippen molar-refractivity contribution in [2.24, 2.45) is 11.8 Å². The number of piperidine rings is 1. The van der Waals surface area contributed by atoms with Crippen molar-refractivity contribution in [1.29, 1.82) is 10.5 Å². The second-order valence-corrected chi connectivity index (χ2v) is 7.41. The first-order valence-corrected chi connectivity index (χ1v) is 9.03. The van der Waals surface area contributed by atoms with Crippen LogP contribution in [0.4, 0.5) is 14.5 Å². The summed E-state index contributed by atoms with van der Waals surface area (Å²) in [5.41, 5.74) is 0.679. The molecule has 4 rings (SSSR count). The molecule has 140 valence electrons. The molecule has 1 aromatic rings. The van der Waals surface area contributed by atoms with Crippen molar-refractivity contribution in [2.45, 2.75) is 24.7 Å². The molecular formula is C19H19F2N5O. The van der Waals surface area contributed by atoms with Gasteiger partial charge in [-0.25, -0.2) is 8.78 Å². The Labute approximate surface area is 156 Å². The van der Waals surface area contributed by atoms with E-state index >= 15 is 0 Å². The summed E-state index contributed by atoms with van der Waals surface area (Å²) in [6.45, 7) is 1.31. The first-order chi connectivity index (χ1) is 13.0. The summed E-state index contributed by atoms with van der Waals surface area (Å²) in [5, 5.41) is 21.4. The van der Waals surface area contributed by atoms with Gasteiger partial charge in [-0.3, -0.25) is 4.79 Å². The van der Waals surface area contributed by atoms with Gasteiger partial charge >= 0.3 is 0 Å². The first kappa shape index (κ1) is 17.7. The van der Waals surface area contributed by atoms with E-state index in [4.69, 9.17) is 5.26 Å². The number of likely N-dealkylation sites (tertiary alicyclic amines) is 1. The van der Waals surface area contributed by atoms with E-state index < -0.39 is 18.0 Å². The largest absolute Gasteiger partial charge is 0.367 e. The molecule has 1 aromatic carbocycles. The van der Waals surface area contributed by atoms with Crippen LogP contribution < -0.4 is 10.2 Å². The topological polar surface area (TPSA) is 83.2 Å². The van der Waals surface area contributed by atoms with E-state index in [1.807, 2.05) is 17.0 Å². The molecule has 1 amide bonds. The van der Waals surface area contributed by atoms with Gasteiger partial charge in [0.15, 0.2) is 0 Å². The van der Waals surface area contributed by atoms with Crippen LogP contribution in [0.5, 0.6) is 0 Å². The molecule has 3 aliphatic rings. The minimum Gasteiger partial charge on any atom is -0.367 e. The van der Waals surface area contributed by atoms with Crippen LogP contribution in [0.3, 0.4) is 0 Å². The van der Waals surface area contributed by atoms with Gasteiger partial charge in [0.1, 0.15) is 24.1 Å². The lowest BCUT2D eigenvalue weighted by Crippen LogP contribution is -2.43. The van der Waals surface area contributed by atoms with Gasteiger partial charge < -0.3 is 15.1 Å². The fourth-order valence-electron chi connectivity index (χ4n) is 4.43. The molecule has 8 heteroatoms. The number of nitrogens with zero attached hydrogens (tertiary/aromatic N) is 4. The Balaban J connectivity index is 1.31. The SMILES string of the molecule is N#Cc1cccc(F)c1N1CC2C(C1)C2NCC(=O)N1C[C@@H](F)C[C@H]1C#N. The summed E-state index contributed by atoms with van der Waals surface area (Å²) in [4.78, 5) is 15.5. The van der Waals surface area contributed by atoms with Crippen LogP contribution in [0, 0.1) is 40.3 Å². The van der Waals surface area contributed by atoms with Crippen molar-refractivity contribution in [3.8, 4) is 12.1 Å².